The van der Waals surface area contributed by atoms with Gasteiger partial charge in [0.25, 0.3) is 0 Å². The number of hydrogen-bond donors (Lipinski definition) is 1. The molecule has 0 aliphatic rings. The summed E-state index contributed by atoms with van der Waals surface area (Å²) in [6, 6.07) is 6.37. The summed E-state index contributed by atoms with van der Waals surface area (Å²) in [6.45, 7) is 3.71. The molecular formula is C16H28N2O3. The van der Waals surface area contributed by atoms with Crippen LogP contribution in [0.25, 0.3) is 0 Å². The number of ether oxygens (including phenoxy) is 3. The Kier molecular flexibility index (Phi) is 7.50. The van der Waals surface area contributed by atoms with Crippen molar-refractivity contribution in [2.45, 2.75) is 19.0 Å². The van der Waals surface area contributed by atoms with Crippen molar-refractivity contribution < 1.29 is 14.2 Å². The highest BCUT2D eigenvalue weighted by molar-refractivity contribution is 5.42. The van der Waals surface area contributed by atoms with Crippen LogP contribution >= 0.6 is 0 Å². The molecule has 0 heterocycles. The predicted molar refractivity (Wildman–Crippen MR) is 85.3 cm³/mol. The Morgan fingerprint density at radius 2 is 1.90 bits per heavy atom. The van der Waals surface area contributed by atoms with Crippen LogP contribution in [0.1, 0.15) is 18.5 Å². The number of likely N-dealkylation sites (N-methyl/N-ethyl adjacent to an activating group) is 2. The van der Waals surface area contributed by atoms with Gasteiger partial charge in [-0.2, -0.15) is 0 Å². The number of benzene rings is 1. The van der Waals surface area contributed by atoms with Crippen molar-refractivity contribution in [2.75, 3.05) is 48.6 Å². The van der Waals surface area contributed by atoms with Gasteiger partial charge >= 0.3 is 0 Å². The highest BCUT2D eigenvalue weighted by atomic mass is 16.5. The number of nitrogens with zero attached hydrogens (tertiary/aromatic N) is 1. The summed E-state index contributed by atoms with van der Waals surface area (Å²) in [5.41, 5.74) is 1.09. The van der Waals surface area contributed by atoms with E-state index < -0.39 is 0 Å². The topological polar surface area (TPSA) is 43.0 Å². The second-order valence-corrected chi connectivity index (χ2v) is 5.19. The summed E-state index contributed by atoms with van der Waals surface area (Å²) in [5.74, 6) is 1.70. The van der Waals surface area contributed by atoms with Crippen LogP contribution in [0.4, 0.5) is 0 Å². The van der Waals surface area contributed by atoms with E-state index in [1.54, 1.807) is 21.3 Å². The van der Waals surface area contributed by atoms with E-state index in [1.165, 1.54) is 0 Å². The van der Waals surface area contributed by atoms with Crippen molar-refractivity contribution in [3.8, 4) is 11.5 Å². The molecule has 1 aromatic rings. The zero-order valence-electron chi connectivity index (χ0n) is 14.0. The van der Waals surface area contributed by atoms with E-state index >= 15 is 0 Å². The standard InChI is InChI=1S/C16H28N2O3/c1-12(11-19-4)18(3)10-15(17-2)14-9-13(20-5)7-8-16(14)21-6/h7-9,12,15,17H,10-11H2,1-6H3. The Morgan fingerprint density at radius 3 is 2.43 bits per heavy atom. The molecule has 0 aliphatic heterocycles. The van der Waals surface area contributed by atoms with Gasteiger partial charge in [-0.3, -0.25) is 4.90 Å². The molecule has 1 N–H and O–H groups in total. The Hall–Kier alpha value is -1.30. The smallest absolute Gasteiger partial charge is 0.123 e. The average Bonchev–Trinajstić information content (AvgIpc) is 2.51. The minimum absolute atomic E-state index is 0.152. The number of methoxy groups -OCH3 is 3. The summed E-state index contributed by atoms with van der Waals surface area (Å²) >= 11 is 0. The average molecular weight is 296 g/mol. The van der Waals surface area contributed by atoms with Crippen LogP contribution in [0.3, 0.4) is 0 Å². The summed E-state index contributed by atoms with van der Waals surface area (Å²) < 4.78 is 16.0. The molecule has 0 saturated carbocycles. The Balaban J connectivity index is 2.93. The first-order valence-corrected chi connectivity index (χ1v) is 7.15. The van der Waals surface area contributed by atoms with Crippen LogP contribution in [0.5, 0.6) is 11.5 Å². The van der Waals surface area contributed by atoms with E-state index in [2.05, 4.69) is 24.2 Å². The van der Waals surface area contributed by atoms with Crippen molar-refractivity contribution in [3.05, 3.63) is 23.8 Å². The lowest BCUT2D eigenvalue weighted by atomic mass is 10.0. The zero-order valence-corrected chi connectivity index (χ0v) is 14.0. The number of hydrogen-bond acceptors (Lipinski definition) is 5. The largest absolute Gasteiger partial charge is 0.497 e. The van der Waals surface area contributed by atoms with E-state index in [4.69, 9.17) is 14.2 Å². The van der Waals surface area contributed by atoms with Gasteiger partial charge in [-0.05, 0) is 39.2 Å². The Morgan fingerprint density at radius 1 is 1.19 bits per heavy atom. The van der Waals surface area contributed by atoms with Gasteiger partial charge in [0.1, 0.15) is 11.5 Å². The Bertz CT molecular complexity index is 426. The van der Waals surface area contributed by atoms with Gasteiger partial charge in [0.2, 0.25) is 0 Å². The summed E-state index contributed by atoms with van der Waals surface area (Å²) in [5, 5.41) is 3.35. The van der Waals surface area contributed by atoms with Gasteiger partial charge in [-0.25, -0.2) is 0 Å². The molecule has 21 heavy (non-hydrogen) atoms. The minimum atomic E-state index is 0.152. The molecule has 0 spiro atoms. The molecule has 0 aromatic heterocycles. The summed E-state index contributed by atoms with van der Waals surface area (Å²) in [6.07, 6.45) is 0. The molecule has 0 saturated heterocycles. The normalized spacial score (nSPS) is 14.0. The van der Waals surface area contributed by atoms with Crippen molar-refractivity contribution in [2.24, 2.45) is 0 Å². The molecule has 120 valence electrons. The number of nitrogens with one attached hydrogen (secondary N) is 1. The molecule has 0 fully saturated rings. The molecule has 1 aromatic carbocycles. The Labute approximate surface area is 128 Å². The third kappa shape index (κ3) is 4.88. The van der Waals surface area contributed by atoms with Gasteiger partial charge in [0.05, 0.1) is 20.8 Å². The first-order valence-electron chi connectivity index (χ1n) is 7.15. The maximum absolute atomic E-state index is 5.48. The first-order chi connectivity index (χ1) is 10.1. The van der Waals surface area contributed by atoms with Crippen LogP contribution in [0.2, 0.25) is 0 Å². The molecule has 1 rings (SSSR count). The van der Waals surface area contributed by atoms with Crippen molar-refractivity contribution in [1.29, 1.82) is 0 Å². The SMILES string of the molecule is CNC(CN(C)C(C)COC)c1cc(OC)ccc1OC. The highest BCUT2D eigenvalue weighted by Crippen LogP contribution is 2.29. The lowest BCUT2D eigenvalue weighted by Gasteiger charge is -2.29. The summed E-state index contributed by atoms with van der Waals surface area (Å²) in [7, 11) is 9.14. The van der Waals surface area contributed by atoms with E-state index in [9.17, 15) is 0 Å². The molecule has 2 unspecified atom stereocenters. The number of rotatable bonds is 9. The van der Waals surface area contributed by atoms with Crippen LogP contribution in [0.15, 0.2) is 18.2 Å². The van der Waals surface area contributed by atoms with Crippen LogP contribution in [-0.2, 0) is 4.74 Å². The monoisotopic (exact) mass is 296 g/mol. The molecule has 2 atom stereocenters. The summed E-state index contributed by atoms with van der Waals surface area (Å²) in [4.78, 5) is 2.27. The molecule has 5 heteroatoms. The quantitative estimate of drug-likeness (QED) is 0.754. The van der Waals surface area contributed by atoms with Crippen LogP contribution in [-0.4, -0.2) is 59.5 Å². The lowest BCUT2D eigenvalue weighted by molar-refractivity contribution is 0.109. The van der Waals surface area contributed by atoms with Gasteiger partial charge in [-0.1, -0.05) is 0 Å². The molecular weight excluding hydrogens is 268 g/mol. The molecule has 5 nitrogen and oxygen atoms in total. The molecule has 0 aliphatic carbocycles. The van der Waals surface area contributed by atoms with E-state index in [-0.39, 0.29) is 6.04 Å². The van der Waals surface area contributed by atoms with E-state index in [1.807, 2.05) is 25.2 Å². The molecule has 0 amide bonds. The van der Waals surface area contributed by atoms with E-state index in [0.29, 0.717) is 12.6 Å². The maximum Gasteiger partial charge on any atom is 0.123 e. The van der Waals surface area contributed by atoms with Gasteiger partial charge in [0, 0.05) is 31.3 Å². The van der Waals surface area contributed by atoms with E-state index in [0.717, 1.165) is 23.6 Å². The third-order valence-corrected chi connectivity index (χ3v) is 3.79. The van der Waals surface area contributed by atoms with Gasteiger partial charge in [-0.15, -0.1) is 0 Å². The predicted octanol–water partition coefficient (Wildman–Crippen LogP) is 1.93. The second kappa shape index (κ2) is 8.87. The van der Waals surface area contributed by atoms with Crippen molar-refractivity contribution in [1.82, 2.24) is 10.2 Å². The zero-order chi connectivity index (χ0) is 15.8. The van der Waals surface area contributed by atoms with Crippen LogP contribution in [0, 0.1) is 0 Å². The minimum Gasteiger partial charge on any atom is -0.497 e. The van der Waals surface area contributed by atoms with Gasteiger partial charge < -0.3 is 19.5 Å². The first kappa shape index (κ1) is 17.8. The third-order valence-electron chi connectivity index (χ3n) is 3.79. The van der Waals surface area contributed by atoms with Gasteiger partial charge in [0.15, 0.2) is 0 Å². The maximum atomic E-state index is 5.48. The highest BCUT2D eigenvalue weighted by Gasteiger charge is 2.19. The molecule has 0 bridgehead atoms. The molecule has 0 radical (unpaired) electrons. The fourth-order valence-corrected chi connectivity index (χ4v) is 2.29. The van der Waals surface area contributed by atoms with Crippen molar-refractivity contribution in [3.63, 3.8) is 0 Å². The van der Waals surface area contributed by atoms with Crippen LogP contribution < -0.4 is 14.8 Å². The second-order valence-electron chi connectivity index (χ2n) is 5.19. The lowest BCUT2D eigenvalue weighted by Crippen LogP contribution is -2.39. The fourth-order valence-electron chi connectivity index (χ4n) is 2.29. The fraction of sp³-hybridized carbons (Fsp3) is 0.625. The van der Waals surface area contributed by atoms with Crippen molar-refractivity contribution >= 4 is 0 Å².